The van der Waals surface area contributed by atoms with Crippen molar-refractivity contribution < 1.29 is 5.11 Å². The molecule has 0 aromatic rings. The lowest BCUT2D eigenvalue weighted by molar-refractivity contribution is 0.427. The third-order valence-electron chi connectivity index (χ3n) is 0.944. The first-order valence-electron chi connectivity index (χ1n) is 2.83. The van der Waals surface area contributed by atoms with E-state index in [9.17, 15) is 5.11 Å². The summed E-state index contributed by atoms with van der Waals surface area (Å²) in [5.74, 6) is 0.287. The number of rotatable bonds is 2. The van der Waals surface area contributed by atoms with Gasteiger partial charge in [-0.05, 0) is 12.2 Å². The van der Waals surface area contributed by atoms with Crippen LogP contribution in [0.1, 0.15) is 6.92 Å². The first-order valence-corrected chi connectivity index (χ1v) is 3.99. The van der Waals surface area contributed by atoms with Crippen LogP contribution in [-0.4, -0.2) is 5.11 Å². The minimum atomic E-state index is 0.287. The second-order valence-electron chi connectivity index (χ2n) is 1.89. The fourth-order valence-corrected chi connectivity index (χ4v) is 1.13. The van der Waals surface area contributed by atoms with Crippen molar-refractivity contribution in [3.05, 3.63) is 35.1 Å². The summed E-state index contributed by atoms with van der Waals surface area (Å²) >= 11 is 0. The molecule has 0 aliphatic rings. The van der Waals surface area contributed by atoms with Gasteiger partial charge in [-0.2, -0.15) is 0 Å². The number of hydrogen-bond donors (Lipinski definition) is 1. The topological polar surface area (TPSA) is 20.2 Å². The van der Waals surface area contributed by atoms with Gasteiger partial charge in [0, 0.05) is 5.31 Å². The molecule has 1 nitrogen and oxygen atoms in total. The zero-order chi connectivity index (χ0) is 8.15. The monoisotopic (exact) mass is 174 g/mol. The van der Waals surface area contributed by atoms with Crippen LogP contribution in [0.4, 0.5) is 0 Å². The molecule has 0 rings (SSSR count). The summed E-state index contributed by atoms with van der Waals surface area (Å²) < 4.78 is 0. The van der Waals surface area contributed by atoms with E-state index >= 15 is 0 Å². The molecule has 0 aliphatic carbocycles. The maximum atomic E-state index is 9.25. The zero-order valence-corrected chi connectivity index (χ0v) is 8.27. The molecule has 0 saturated carbocycles. The average Bonchev–Trinajstić information content (AvgIpc) is 1.87. The smallest absolute Gasteiger partial charge is 0.125 e. The number of allylic oxidation sites excluding steroid dienone is 4. The molecule has 0 radical (unpaired) electrons. The van der Waals surface area contributed by atoms with Gasteiger partial charge in [-0.1, -0.05) is 18.7 Å². The molecule has 56 valence electrons. The Labute approximate surface area is 66.3 Å². The van der Waals surface area contributed by atoms with Crippen LogP contribution in [0.5, 0.6) is 0 Å². The minimum Gasteiger partial charge on any atom is -0.507 e. The highest BCUT2D eigenvalue weighted by Crippen LogP contribution is 2.21. The molecule has 0 bridgehead atoms. The summed E-state index contributed by atoms with van der Waals surface area (Å²) in [4.78, 5) is 0. The fraction of sp³-hybridized carbons (Fsp3) is 0.143. The molecule has 1 N–H and O–H groups in total. The van der Waals surface area contributed by atoms with Crippen molar-refractivity contribution in [2.45, 2.75) is 6.92 Å². The SMILES string of the molecule is C=C/C=C(P)\C(O)=C(/C)P. The molecule has 2 unspecified atom stereocenters. The molecule has 0 spiro atoms. The van der Waals surface area contributed by atoms with E-state index in [-0.39, 0.29) is 5.76 Å². The van der Waals surface area contributed by atoms with Crippen molar-refractivity contribution >= 4 is 18.5 Å². The minimum absolute atomic E-state index is 0.287. The largest absolute Gasteiger partial charge is 0.507 e. The van der Waals surface area contributed by atoms with Crippen molar-refractivity contribution in [3.8, 4) is 0 Å². The molecule has 0 aliphatic heterocycles. The van der Waals surface area contributed by atoms with Gasteiger partial charge < -0.3 is 5.11 Å². The van der Waals surface area contributed by atoms with Gasteiger partial charge in [0.15, 0.2) is 0 Å². The van der Waals surface area contributed by atoms with E-state index in [0.29, 0.717) is 0 Å². The van der Waals surface area contributed by atoms with E-state index in [1.807, 2.05) is 6.92 Å². The number of aliphatic hydroxyl groups is 1. The fourth-order valence-electron chi connectivity index (χ4n) is 0.434. The maximum Gasteiger partial charge on any atom is 0.125 e. The van der Waals surface area contributed by atoms with E-state index in [0.717, 1.165) is 10.6 Å². The molecular formula is C7H12OP2. The molecule has 0 aromatic carbocycles. The van der Waals surface area contributed by atoms with Gasteiger partial charge in [-0.3, -0.25) is 0 Å². The Morgan fingerprint density at radius 2 is 2.00 bits per heavy atom. The molecule has 3 heteroatoms. The van der Waals surface area contributed by atoms with Gasteiger partial charge >= 0.3 is 0 Å². The molecule has 0 heterocycles. The lowest BCUT2D eigenvalue weighted by atomic mass is 10.4. The Bertz CT molecular complexity index is 188. The predicted molar refractivity (Wildman–Crippen MR) is 53.0 cm³/mol. The molecule has 2 atom stereocenters. The Hall–Kier alpha value is -0.120. The second kappa shape index (κ2) is 4.66. The molecule has 0 aromatic heterocycles. The highest BCUT2D eigenvalue weighted by atomic mass is 31.0. The highest BCUT2D eigenvalue weighted by molar-refractivity contribution is 7.24. The van der Waals surface area contributed by atoms with Crippen molar-refractivity contribution in [2.75, 3.05) is 0 Å². The average molecular weight is 174 g/mol. The lowest BCUT2D eigenvalue weighted by Crippen LogP contribution is -1.80. The van der Waals surface area contributed by atoms with Gasteiger partial charge in [0.1, 0.15) is 5.76 Å². The van der Waals surface area contributed by atoms with Crippen molar-refractivity contribution in [1.29, 1.82) is 0 Å². The van der Waals surface area contributed by atoms with Crippen LogP contribution in [0.15, 0.2) is 35.1 Å². The summed E-state index contributed by atoms with van der Waals surface area (Å²) in [6.07, 6.45) is 3.36. The third-order valence-corrected chi connectivity index (χ3v) is 1.68. The third kappa shape index (κ3) is 3.15. The van der Waals surface area contributed by atoms with Crippen molar-refractivity contribution in [3.63, 3.8) is 0 Å². The standard InChI is InChI=1S/C7H12OP2/c1-3-4-6(10)7(8)5(2)9/h3-4,8H,1,9-10H2,2H3/b6-4+,7-5-. The molecular weight excluding hydrogens is 162 g/mol. The van der Waals surface area contributed by atoms with Crippen LogP contribution in [0.2, 0.25) is 0 Å². The first kappa shape index (κ1) is 9.88. The van der Waals surface area contributed by atoms with Crippen LogP contribution in [0.3, 0.4) is 0 Å². The van der Waals surface area contributed by atoms with Gasteiger partial charge in [0.25, 0.3) is 0 Å². The van der Waals surface area contributed by atoms with Crippen LogP contribution in [0.25, 0.3) is 0 Å². The maximum absolute atomic E-state index is 9.25. The zero-order valence-electron chi connectivity index (χ0n) is 5.96. The summed E-state index contributed by atoms with van der Waals surface area (Å²) in [7, 11) is 4.86. The molecule has 0 amide bonds. The number of aliphatic hydroxyl groups excluding tert-OH is 1. The Morgan fingerprint density at radius 3 is 2.30 bits per heavy atom. The van der Waals surface area contributed by atoms with E-state index < -0.39 is 0 Å². The van der Waals surface area contributed by atoms with Crippen LogP contribution < -0.4 is 0 Å². The molecule has 0 fully saturated rings. The Balaban J connectivity index is 4.51. The van der Waals surface area contributed by atoms with E-state index in [2.05, 4.69) is 25.1 Å². The van der Waals surface area contributed by atoms with E-state index in [1.54, 1.807) is 12.2 Å². The number of hydrogen-bond acceptors (Lipinski definition) is 1. The van der Waals surface area contributed by atoms with Gasteiger partial charge in [-0.15, -0.1) is 18.5 Å². The predicted octanol–water partition coefficient (Wildman–Crippen LogP) is 2.60. The quantitative estimate of drug-likeness (QED) is 0.387. The molecule has 10 heavy (non-hydrogen) atoms. The van der Waals surface area contributed by atoms with Crippen LogP contribution in [-0.2, 0) is 0 Å². The lowest BCUT2D eigenvalue weighted by Gasteiger charge is -1.99. The summed E-state index contributed by atoms with van der Waals surface area (Å²) in [6.45, 7) is 5.33. The second-order valence-corrected chi connectivity index (χ2v) is 3.38. The van der Waals surface area contributed by atoms with Crippen molar-refractivity contribution in [1.82, 2.24) is 0 Å². The van der Waals surface area contributed by atoms with E-state index in [4.69, 9.17) is 0 Å². The Morgan fingerprint density at radius 1 is 1.50 bits per heavy atom. The molecule has 0 saturated heterocycles. The van der Waals surface area contributed by atoms with Gasteiger partial charge in [-0.25, -0.2) is 0 Å². The van der Waals surface area contributed by atoms with E-state index in [1.165, 1.54) is 0 Å². The summed E-state index contributed by atoms with van der Waals surface area (Å²) in [6, 6.07) is 0. The van der Waals surface area contributed by atoms with Gasteiger partial charge in [0.2, 0.25) is 0 Å². The summed E-state index contributed by atoms with van der Waals surface area (Å²) in [5.41, 5.74) is 0. The first-order chi connectivity index (χ1) is 4.59. The normalized spacial score (nSPS) is 14.5. The van der Waals surface area contributed by atoms with Crippen LogP contribution in [0, 0.1) is 0 Å². The summed E-state index contributed by atoms with van der Waals surface area (Å²) in [5, 5.41) is 10.8. The van der Waals surface area contributed by atoms with Gasteiger partial charge in [0.05, 0.1) is 0 Å². The highest BCUT2D eigenvalue weighted by Gasteiger charge is 1.96. The van der Waals surface area contributed by atoms with Crippen LogP contribution >= 0.6 is 18.5 Å². The van der Waals surface area contributed by atoms with Crippen molar-refractivity contribution in [2.24, 2.45) is 0 Å². The Kier molecular flexibility index (Phi) is 4.60.